The van der Waals surface area contributed by atoms with Crippen molar-refractivity contribution in [1.29, 1.82) is 0 Å². The minimum atomic E-state index is -4.39. The maximum Gasteiger partial charge on any atom is 0.472 e. The van der Waals surface area contributed by atoms with Crippen molar-refractivity contribution in [2.75, 3.05) is 26.4 Å². The fourth-order valence-corrected chi connectivity index (χ4v) is 12.2. The third-order valence-corrected chi connectivity index (χ3v) is 17.9. The predicted molar refractivity (Wildman–Crippen MR) is 354 cm³/mol. The Labute approximate surface area is 510 Å². The van der Waals surface area contributed by atoms with Gasteiger partial charge in [-0.2, -0.15) is 0 Å². The Hall–Kier alpha value is -1.25. The first-order valence-corrected chi connectivity index (χ1v) is 38.2. The molecule has 0 radical (unpaired) electrons. The summed E-state index contributed by atoms with van der Waals surface area (Å²) in [5.74, 6) is -0.799. The zero-order chi connectivity index (χ0) is 59.4. The zero-order valence-corrected chi connectivity index (χ0v) is 55.9. The van der Waals surface area contributed by atoms with Crippen LogP contribution in [-0.4, -0.2) is 49.3 Å². The summed E-state index contributed by atoms with van der Waals surface area (Å²) in [7, 11) is -4.39. The number of nitrogens with two attached hydrogens (primary N) is 1. The van der Waals surface area contributed by atoms with Gasteiger partial charge < -0.3 is 20.1 Å². The van der Waals surface area contributed by atoms with Crippen molar-refractivity contribution in [2.24, 2.45) is 5.73 Å². The summed E-state index contributed by atoms with van der Waals surface area (Å²) in [6, 6.07) is 0. The summed E-state index contributed by atoms with van der Waals surface area (Å²) < 4.78 is 33.2. The molecule has 0 bridgehead atoms. The first-order valence-electron chi connectivity index (χ1n) is 36.7. The SMILES string of the molecule is CCCCCCCCCC/C=C\CCCCCCCCCCCCCCCCCCCCCCCCCCCCCC(=O)OC(COC(=O)CCCCCCCCCCCCCCCCCCCCCCCC)COP(=O)(O)OCCN. The molecule has 0 aliphatic rings. The lowest BCUT2D eigenvalue weighted by Gasteiger charge is -2.19. The van der Waals surface area contributed by atoms with E-state index in [0.717, 1.165) is 32.1 Å². The third-order valence-electron chi connectivity index (χ3n) is 16.9. The van der Waals surface area contributed by atoms with E-state index in [4.69, 9.17) is 24.3 Å². The lowest BCUT2D eigenvalue weighted by Crippen LogP contribution is -2.29. The van der Waals surface area contributed by atoms with Gasteiger partial charge >= 0.3 is 19.8 Å². The maximum atomic E-state index is 12.8. The van der Waals surface area contributed by atoms with E-state index in [1.54, 1.807) is 0 Å². The van der Waals surface area contributed by atoms with Crippen LogP contribution in [0.1, 0.15) is 406 Å². The Morgan fingerprint density at radius 1 is 0.354 bits per heavy atom. The third kappa shape index (κ3) is 67.9. The molecule has 0 aromatic carbocycles. The quantitative estimate of drug-likeness (QED) is 0.0264. The molecular weight excluding hydrogens is 1040 g/mol. The number of phosphoric ester groups is 1. The molecule has 3 N–H and O–H groups in total. The molecule has 2 unspecified atom stereocenters. The number of rotatable bonds is 71. The summed E-state index contributed by atoms with van der Waals surface area (Å²) in [5, 5.41) is 0. The topological polar surface area (TPSA) is 134 Å². The second kappa shape index (κ2) is 68.9. The van der Waals surface area contributed by atoms with Gasteiger partial charge in [0.05, 0.1) is 13.2 Å². The van der Waals surface area contributed by atoms with Crippen LogP contribution in [0.4, 0.5) is 0 Å². The number of carbonyl (C=O) groups is 2. The van der Waals surface area contributed by atoms with E-state index in [1.165, 1.54) is 340 Å². The number of unbranched alkanes of at least 4 members (excludes halogenated alkanes) is 56. The van der Waals surface area contributed by atoms with Gasteiger partial charge in [0.15, 0.2) is 6.10 Å². The fraction of sp³-hybridized carbons (Fsp3) is 0.944. The lowest BCUT2D eigenvalue weighted by atomic mass is 10.0. The summed E-state index contributed by atoms with van der Waals surface area (Å²) in [6.45, 7) is 3.84. The highest BCUT2D eigenvalue weighted by Gasteiger charge is 2.26. The van der Waals surface area contributed by atoms with Crippen LogP contribution >= 0.6 is 7.82 Å². The number of ether oxygens (including phenoxy) is 2. The number of phosphoric acid groups is 1. The van der Waals surface area contributed by atoms with E-state index in [-0.39, 0.29) is 38.6 Å². The molecule has 0 aromatic rings. The van der Waals surface area contributed by atoms with Crippen molar-refractivity contribution in [3.05, 3.63) is 12.2 Å². The molecule has 0 saturated carbocycles. The highest BCUT2D eigenvalue weighted by molar-refractivity contribution is 7.47. The summed E-state index contributed by atoms with van der Waals surface area (Å²) >= 11 is 0. The molecule has 9 nitrogen and oxygen atoms in total. The van der Waals surface area contributed by atoms with Crippen LogP contribution < -0.4 is 5.73 Å². The molecule has 0 saturated heterocycles. The molecule has 82 heavy (non-hydrogen) atoms. The van der Waals surface area contributed by atoms with Crippen molar-refractivity contribution in [3.8, 4) is 0 Å². The average molecular weight is 1180 g/mol. The molecule has 0 aromatic heterocycles. The first-order chi connectivity index (χ1) is 40.3. The van der Waals surface area contributed by atoms with Gasteiger partial charge in [-0.05, 0) is 38.5 Å². The van der Waals surface area contributed by atoms with Crippen LogP contribution in [0.5, 0.6) is 0 Å². The molecule has 0 amide bonds. The molecule has 488 valence electrons. The molecule has 0 aliphatic heterocycles. The second-order valence-corrected chi connectivity index (χ2v) is 26.6. The van der Waals surface area contributed by atoms with E-state index < -0.39 is 26.5 Å². The highest BCUT2D eigenvalue weighted by Crippen LogP contribution is 2.43. The Bertz CT molecular complexity index is 1350. The van der Waals surface area contributed by atoms with Crippen LogP contribution in [0, 0.1) is 0 Å². The largest absolute Gasteiger partial charge is 0.472 e. The highest BCUT2D eigenvalue weighted by atomic mass is 31.2. The van der Waals surface area contributed by atoms with Crippen LogP contribution in [0.15, 0.2) is 12.2 Å². The summed E-state index contributed by atoms with van der Waals surface area (Å²) in [5.41, 5.74) is 5.40. The van der Waals surface area contributed by atoms with Crippen LogP contribution in [0.2, 0.25) is 0 Å². The van der Waals surface area contributed by atoms with E-state index >= 15 is 0 Å². The van der Waals surface area contributed by atoms with Gasteiger partial charge in [0.1, 0.15) is 6.61 Å². The van der Waals surface area contributed by atoms with Gasteiger partial charge in [-0.1, -0.05) is 366 Å². The molecule has 0 spiro atoms. The van der Waals surface area contributed by atoms with Crippen molar-refractivity contribution in [1.82, 2.24) is 0 Å². The van der Waals surface area contributed by atoms with Gasteiger partial charge in [-0.3, -0.25) is 18.6 Å². The van der Waals surface area contributed by atoms with Crippen LogP contribution in [0.3, 0.4) is 0 Å². The molecule has 0 heterocycles. The first kappa shape index (κ1) is 80.8. The Morgan fingerprint density at radius 2 is 0.598 bits per heavy atom. The monoisotopic (exact) mass is 1180 g/mol. The van der Waals surface area contributed by atoms with Gasteiger partial charge in [0.25, 0.3) is 0 Å². The van der Waals surface area contributed by atoms with Crippen LogP contribution in [-0.2, 0) is 32.7 Å². The lowest BCUT2D eigenvalue weighted by molar-refractivity contribution is -0.161. The fourth-order valence-electron chi connectivity index (χ4n) is 11.5. The minimum Gasteiger partial charge on any atom is -0.462 e. The van der Waals surface area contributed by atoms with Gasteiger partial charge in [0.2, 0.25) is 0 Å². The van der Waals surface area contributed by atoms with E-state index in [2.05, 4.69) is 26.0 Å². The molecule has 2 atom stereocenters. The van der Waals surface area contributed by atoms with Gasteiger partial charge in [0, 0.05) is 19.4 Å². The molecule has 0 rings (SSSR count). The normalized spacial score (nSPS) is 12.9. The summed E-state index contributed by atoms with van der Waals surface area (Å²) in [6.07, 6.45) is 83.4. The Kier molecular flexibility index (Phi) is 67.8. The Morgan fingerprint density at radius 3 is 0.866 bits per heavy atom. The van der Waals surface area contributed by atoms with Crippen molar-refractivity contribution < 1.29 is 37.6 Å². The predicted octanol–water partition coefficient (Wildman–Crippen LogP) is 23.9. The van der Waals surface area contributed by atoms with E-state index in [0.29, 0.717) is 6.42 Å². The average Bonchev–Trinajstić information content (AvgIpc) is 3.48. The summed E-state index contributed by atoms with van der Waals surface area (Å²) in [4.78, 5) is 35.3. The number of hydrogen-bond acceptors (Lipinski definition) is 8. The van der Waals surface area contributed by atoms with Gasteiger partial charge in [-0.25, -0.2) is 4.57 Å². The number of carbonyl (C=O) groups excluding carboxylic acids is 2. The van der Waals surface area contributed by atoms with E-state index in [1.807, 2.05) is 0 Å². The standard InChI is InChI=1S/C72H142NO8P/c1-3-5-7-9-11-13-15-17-19-21-23-25-27-28-29-30-31-32-33-34-35-36-37-38-39-40-41-42-43-45-47-49-51-53-55-57-59-61-63-65-72(75)81-70(69-80-82(76,77)79-67-66-73)68-78-71(74)64-62-60-58-56-54-52-50-48-46-44-26-24-22-20-18-16-14-12-10-8-6-4-2/h21,23,70H,3-20,22,24-69,73H2,1-2H3,(H,76,77)/b23-21-. The minimum absolute atomic E-state index is 0.0582. The Balaban J connectivity index is 3.73. The van der Waals surface area contributed by atoms with Crippen molar-refractivity contribution in [2.45, 2.75) is 412 Å². The molecular formula is C72H142NO8P. The van der Waals surface area contributed by atoms with Crippen molar-refractivity contribution >= 4 is 19.8 Å². The van der Waals surface area contributed by atoms with Crippen LogP contribution in [0.25, 0.3) is 0 Å². The number of hydrogen-bond donors (Lipinski definition) is 2. The van der Waals surface area contributed by atoms with Crippen molar-refractivity contribution in [3.63, 3.8) is 0 Å². The second-order valence-electron chi connectivity index (χ2n) is 25.2. The molecule has 0 aliphatic carbocycles. The van der Waals surface area contributed by atoms with E-state index in [9.17, 15) is 19.0 Å². The van der Waals surface area contributed by atoms with Gasteiger partial charge in [-0.15, -0.1) is 0 Å². The number of esters is 2. The zero-order valence-electron chi connectivity index (χ0n) is 55.0. The molecule has 10 heteroatoms. The number of allylic oxidation sites excluding steroid dienone is 2. The smallest absolute Gasteiger partial charge is 0.462 e. The maximum absolute atomic E-state index is 12.8. The molecule has 0 fully saturated rings.